The fraction of sp³-hybridized carbons (Fsp3) is 0.714. The summed E-state index contributed by atoms with van der Waals surface area (Å²) in [6.07, 6.45) is -1.18. The summed E-state index contributed by atoms with van der Waals surface area (Å²) in [6.45, 7) is 1.30. The number of likely N-dealkylation sites (tertiary alicyclic amines) is 1. The Morgan fingerprint density at radius 2 is 2.17 bits per heavy atom. The summed E-state index contributed by atoms with van der Waals surface area (Å²) in [6, 6.07) is -0.148. The Bertz CT molecular complexity index is 575. The summed E-state index contributed by atoms with van der Waals surface area (Å²) in [5.74, 6) is -0.786. The first-order valence-corrected chi connectivity index (χ1v) is 7.70. The van der Waals surface area contributed by atoms with Crippen molar-refractivity contribution < 1.29 is 23.1 Å². The summed E-state index contributed by atoms with van der Waals surface area (Å²) < 4.78 is 38.5. The van der Waals surface area contributed by atoms with Crippen molar-refractivity contribution in [3.8, 4) is 0 Å². The molecule has 0 aromatic carbocycles. The number of halogens is 3. The molecular weight excluding hydrogens is 313 g/mol. The third kappa shape index (κ3) is 3.35. The molecule has 1 amide bonds. The van der Waals surface area contributed by atoms with Gasteiger partial charge in [-0.15, -0.1) is 0 Å². The number of hydrogen-bond donors (Lipinski definition) is 3. The van der Waals surface area contributed by atoms with Crippen molar-refractivity contribution in [3.63, 3.8) is 0 Å². The number of nitrogens with zero attached hydrogens (tertiary/aromatic N) is 2. The van der Waals surface area contributed by atoms with Crippen LogP contribution in [0.1, 0.15) is 41.7 Å². The van der Waals surface area contributed by atoms with Crippen molar-refractivity contribution in [2.75, 3.05) is 13.1 Å². The number of aliphatic hydroxyl groups excluding tert-OH is 1. The summed E-state index contributed by atoms with van der Waals surface area (Å²) in [5.41, 5.74) is -1.61. The molecule has 3 N–H and O–H groups in total. The van der Waals surface area contributed by atoms with Crippen molar-refractivity contribution in [2.24, 2.45) is 0 Å². The maximum atomic E-state index is 12.8. The van der Waals surface area contributed by atoms with Gasteiger partial charge in [-0.25, -0.2) is 0 Å². The lowest BCUT2D eigenvalue weighted by Crippen LogP contribution is -2.48. The van der Waals surface area contributed by atoms with Crippen LogP contribution >= 0.6 is 0 Å². The Kier molecular flexibility index (Phi) is 4.33. The molecule has 6 nitrogen and oxygen atoms in total. The van der Waals surface area contributed by atoms with Gasteiger partial charge >= 0.3 is 6.18 Å². The summed E-state index contributed by atoms with van der Waals surface area (Å²) in [7, 11) is 0. The normalized spacial score (nSPS) is 29.1. The van der Waals surface area contributed by atoms with E-state index in [1.807, 2.05) is 0 Å². The van der Waals surface area contributed by atoms with Crippen molar-refractivity contribution in [2.45, 2.75) is 50.0 Å². The molecule has 2 heterocycles. The molecule has 3 rings (SSSR count). The van der Waals surface area contributed by atoms with Gasteiger partial charge < -0.3 is 10.4 Å². The zero-order valence-electron chi connectivity index (χ0n) is 12.4. The molecular formula is C14H19F3N4O2. The SMILES string of the molecule is O=C(N[C@H]1CCC[C@H]1N1CCC(O)C1)c1[nH]ncc1C(F)(F)F. The number of amides is 1. The van der Waals surface area contributed by atoms with Crippen molar-refractivity contribution >= 4 is 5.91 Å². The van der Waals surface area contributed by atoms with Crippen LogP contribution in [-0.4, -0.2) is 57.4 Å². The minimum absolute atomic E-state index is 0.0633. The highest BCUT2D eigenvalue weighted by molar-refractivity contribution is 5.94. The van der Waals surface area contributed by atoms with E-state index >= 15 is 0 Å². The fourth-order valence-corrected chi connectivity index (χ4v) is 3.53. The molecule has 1 aliphatic heterocycles. The van der Waals surface area contributed by atoms with Gasteiger partial charge in [0, 0.05) is 25.2 Å². The minimum Gasteiger partial charge on any atom is -0.392 e. The number of H-pyrrole nitrogens is 1. The van der Waals surface area contributed by atoms with Gasteiger partial charge in [0.2, 0.25) is 0 Å². The molecule has 3 atom stereocenters. The largest absolute Gasteiger partial charge is 0.420 e. The fourth-order valence-electron chi connectivity index (χ4n) is 3.53. The average molecular weight is 332 g/mol. The Balaban J connectivity index is 1.69. The van der Waals surface area contributed by atoms with Crippen molar-refractivity contribution in [1.29, 1.82) is 0 Å². The standard InChI is InChI=1S/C14H19F3N4O2/c15-14(16,17)9-6-18-20-12(9)13(23)19-10-2-1-3-11(10)21-5-4-8(22)7-21/h6,8,10-11,22H,1-5,7H2,(H,18,20)(H,19,23)/t8?,10-,11+/m0/s1. The second-order valence-electron chi connectivity index (χ2n) is 6.17. The Labute approximate surface area is 131 Å². The van der Waals surface area contributed by atoms with Gasteiger partial charge in [0.15, 0.2) is 0 Å². The summed E-state index contributed by atoms with van der Waals surface area (Å²) >= 11 is 0. The highest BCUT2D eigenvalue weighted by Gasteiger charge is 2.40. The number of nitrogens with one attached hydrogen (secondary N) is 2. The van der Waals surface area contributed by atoms with Crippen molar-refractivity contribution in [3.05, 3.63) is 17.5 Å². The highest BCUT2D eigenvalue weighted by atomic mass is 19.4. The maximum absolute atomic E-state index is 12.8. The Hall–Kier alpha value is -1.61. The average Bonchev–Trinajstić information content (AvgIpc) is 3.16. The van der Waals surface area contributed by atoms with Crippen LogP contribution in [0.2, 0.25) is 0 Å². The third-order valence-corrected chi connectivity index (χ3v) is 4.63. The number of aliphatic hydroxyl groups is 1. The molecule has 23 heavy (non-hydrogen) atoms. The number of β-amino-alcohol motifs (C(OH)–C–C–N with tert-alkyl or cyclic N) is 1. The van der Waals surface area contributed by atoms with Crippen LogP contribution < -0.4 is 5.32 Å². The van der Waals surface area contributed by atoms with Crippen molar-refractivity contribution in [1.82, 2.24) is 20.4 Å². The molecule has 0 bridgehead atoms. The number of aromatic amines is 1. The van der Waals surface area contributed by atoms with Gasteiger partial charge in [-0.3, -0.25) is 14.8 Å². The van der Waals surface area contributed by atoms with Crippen LogP contribution in [0.4, 0.5) is 13.2 Å². The number of carbonyl (C=O) groups is 1. The number of alkyl halides is 3. The van der Waals surface area contributed by atoms with E-state index in [-0.39, 0.29) is 18.2 Å². The predicted molar refractivity (Wildman–Crippen MR) is 74.7 cm³/mol. The van der Waals surface area contributed by atoms with E-state index in [1.54, 1.807) is 0 Å². The van der Waals surface area contributed by atoms with Gasteiger partial charge in [0.25, 0.3) is 5.91 Å². The molecule has 9 heteroatoms. The lowest BCUT2D eigenvalue weighted by molar-refractivity contribution is -0.137. The molecule has 1 unspecified atom stereocenters. The molecule has 1 aliphatic carbocycles. The van der Waals surface area contributed by atoms with Gasteiger partial charge in [-0.05, 0) is 25.7 Å². The third-order valence-electron chi connectivity index (χ3n) is 4.63. The van der Waals surface area contributed by atoms with Crippen LogP contribution in [0.25, 0.3) is 0 Å². The number of hydrogen-bond acceptors (Lipinski definition) is 4. The first-order valence-electron chi connectivity index (χ1n) is 7.70. The lowest BCUT2D eigenvalue weighted by Gasteiger charge is -2.29. The molecule has 2 fully saturated rings. The minimum atomic E-state index is -4.62. The van der Waals surface area contributed by atoms with E-state index in [1.165, 1.54) is 0 Å². The molecule has 0 spiro atoms. The first kappa shape index (κ1) is 16.3. The maximum Gasteiger partial charge on any atom is 0.420 e. The summed E-state index contributed by atoms with van der Waals surface area (Å²) in [5, 5.41) is 17.8. The zero-order valence-corrected chi connectivity index (χ0v) is 12.4. The molecule has 1 aromatic heterocycles. The molecule has 1 saturated carbocycles. The lowest BCUT2D eigenvalue weighted by atomic mass is 10.1. The van der Waals surface area contributed by atoms with Crippen LogP contribution in [0, 0.1) is 0 Å². The number of carbonyl (C=O) groups excluding carboxylic acids is 1. The first-order chi connectivity index (χ1) is 10.9. The van der Waals surface area contributed by atoms with E-state index in [2.05, 4.69) is 20.4 Å². The van der Waals surface area contributed by atoms with Crippen LogP contribution in [-0.2, 0) is 6.18 Å². The number of rotatable bonds is 3. The second kappa shape index (κ2) is 6.12. The molecule has 128 valence electrons. The predicted octanol–water partition coefficient (Wildman–Crippen LogP) is 1.15. The van der Waals surface area contributed by atoms with E-state index in [9.17, 15) is 23.1 Å². The van der Waals surface area contributed by atoms with Gasteiger partial charge in [-0.2, -0.15) is 18.3 Å². The molecule has 1 saturated heterocycles. The number of aromatic nitrogens is 2. The monoisotopic (exact) mass is 332 g/mol. The van der Waals surface area contributed by atoms with Gasteiger partial charge in [0.1, 0.15) is 11.3 Å². The van der Waals surface area contributed by atoms with E-state index in [0.717, 1.165) is 25.8 Å². The van der Waals surface area contributed by atoms with Crippen LogP contribution in [0.3, 0.4) is 0 Å². The van der Waals surface area contributed by atoms with E-state index in [4.69, 9.17) is 0 Å². The van der Waals surface area contributed by atoms with Crippen LogP contribution in [0.5, 0.6) is 0 Å². The molecule has 1 aromatic rings. The topological polar surface area (TPSA) is 81.3 Å². The molecule has 0 radical (unpaired) electrons. The molecule has 2 aliphatic rings. The van der Waals surface area contributed by atoms with E-state index < -0.39 is 23.3 Å². The summed E-state index contributed by atoms with van der Waals surface area (Å²) in [4.78, 5) is 14.3. The Morgan fingerprint density at radius 1 is 1.39 bits per heavy atom. The smallest absolute Gasteiger partial charge is 0.392 e. The second-order valence-corrected chi connectivity index (χ2v) is 6.17. The van der Waals surface area contributed by atoms with E-state index in [0.29, 0.717) is 19.2 Å². The van der Waals surface area contributed by atoms with Gasteiger partial charge in [0.05, 0.1) is 12.3 Å². The Morgan fingerprint density at radius 3 is 2.83 bits per heavy atom. The van der Waals surface area contributed by atoms with Crippen LogP contribution in [0.15, 0.2) is 6.20 Å². The quantitative estimate of drug-likeness (QED) is 0.775. The highest BCUT2D eigenvalue weighted by Crippen LogP contribution is 2.32. The zero-order chi connectivity index (χ0) is 16.6. The van der Waals surface area contributed by atoms with Gasteiger partial charge in [-0.1, -0.05) is 0 Å².